The van der Waals surface area contributed by atoms with Gasteiger partial charge in [0.25, 0.3) is 0 Å². The molecular weight excluding hydrogens is 216 g/mol. The third-order valence-electron chi connectivity index (χ3n) is 3.85. The lowest BCUT2D eigenvalue weighted by molar-refractivity contribution is -0.121. The van der Waals surface area contributed by atoms with Gasteiger partial charge in [-0.15, -0.1) is 0 Å². The molecule has 4 nitrogen and oxygen atoms in total. The number of ether oxygens (including phenoxy) is 1. The van der Waals surface area contributed by atoms with E-state index in [1.54, 1.807) is 0 Å². The van der Waals surface area contributed by atoms with Crippen LogP contribution in [0.1, 0.15) is 32.1 Å². The van der Waals surface area contributed by atoms with Crippen molar-refractivity contribution in [3.8, 4) is 0 Å². The van der Waals surface area contributed by atoms with Gasteiger partial charge in [0.1, 0.15) is 0 Å². The van der Waals surface area contributed by atoms with Crippen molar-refractivity contribution in [2.75, 3.05) is 32.8 Å². The molecule has 2 heterocycles. The van der Waals surface area contributed by atoms with E-state index in [1.807, 2.05) is 0 Å². The van der Waals surface area contributed by atoms with Crippen LogP contribution in [-0.2, 0) is 9.53 Å². The molecule has 2 rings (SSSR count). The number of carbonyl (C=O) groups is 1. The second-order valence-corrected chi connectivity index (χ2v) is 5.26. The van der Waals surface area contributed by atoms with Crippen LogP contribution in [-0.4, -0.2) is 38.8 Å². The number of hydrogen-bond donors (Lipinski definition) is 2. The molecule has 2 fully saturated rings. The van der Waals surface area contributed by atoms with Crippen molar-refractivity contribution < 1.29 is 9.53 Å². The minimum atomic E-state index is 0.228. The van der Waals surface area contributed by atoms with Gasteiger partial charge in [0.15, 0.2) is 0 Å². The van der Waals surface area contributed by atoms with E-state index in [0.717, 1.165) is 64.4 Å². The first kappa shape index (κ1) is 12.8. The van der Waals surface area contributed by atoms with E-state index in [-0.39, 0.29) is 5.91 Å². The van der Waals surface area contributed by atoms with Gasteiger partial charge in [-0.2, -0.15) is 0 Å². The Morgan fingerprint density at radius 3 is 2.76 bits per heavy atom. The first-order valence-electron chi connectivity index (χ1n) is 6.90. The number of amides is 1. The molecule has 17 heavy (non-hydrogen) atoms. The van der Waals surface area contributed by atoms with Gasteiger partial charge in [0, 0.05) is 26.2 Å². The van der Waals surface area contributed by atoms with Crippen LogP contribution in [0.3, 0.4) is 0 Å². The zero-order valence-electron chi connectivity index (χ0n) is 10.5. The number of carbonyl (C=O) groups excluding carboxylic acids is 1. The molecular formula is C13H24N2O2. The molecule has 0 spiro atoms. The Morgan fingerprint density at radius 2 is 2.06 bits per heavy atom. The molecule has 2 saturated heterocycles. The van der Waals surface area contributed by atoms with Crippen molar-refractivity contribution in [3.05, 3.63) is 0 Å². The summed E-state index contributed by atoms with van der Waals surface area (Å²) < 4.78 is 5.32. The Balaban J connectivity index is 1.53. The van der Waals surface area contributed by atoms with Gasteiger partial charge in [-0.05, 0) is 50.6 Å². The fraction of sp³-hybridized carbons (Fsp3) is 0.923. The predicted octanol–water partition coefficient (Wildman–Crippen LogP) is 0.919. The lowest BCUT2D eigenvalue weighted by atomic mass is 9.96. The molecule has 2 aliphatic heterocycles. The monoisotopic (exact) mass is 240 g/mol. The van der Waals surface area contributed by atoms with Crippen LogP contribution < -0.4 is 10.6 Å². The maximum Gasteiger partial charge on any atom is 0.220 e. The third-order valence-corrected chi connectivity index (χ3v) is 3.85. The molecule has 0 aromatic carbocycles. The highest BCUT2D eigenvalue weighted by Crippen LogP contribution is 2.17. The van der Waals surface area contributed by atoms with Gasteiger partial charge in [0.2, 0.25) is 5.91 Å². The predicted molar refractivity (Wildman–Crippen MR) is 66.8 cm³/mol. The van der Waals surface area contributed by atoms with E-state index in [4.69, 9.17) is 4.74 Å². The summed E-state index contributed by atoms with van der Waals surface area (Å²) in [5.41, 5.74) is 0. The molecule has 0 aromatic heterocycles. The van der Waals surface area contributed by atoms with Crippen molar-refractivity contribution in [1.82, 2.24) is 10.6 Å². The summed E-state index contributed by atoms with van der Waals surface area (Å²) in [6, 6.07) is 0. The number of nitrogens with one attached hydrogen (secondary N) is 2. The molecule has 0 aromatic rings. The summed E-state index contributed by atoms with van der Waals surface area (Å²) in [6.07, 6.45) is 5.26. The molecule has 1 amide bonds. The molecule has 1 unspecified atom stereocenters. The Bertz CT molecular complexity index is 234. The second kappa shape index (κ2) is 6.97. The zero-order chi connectivity index (χ0) is 11.9. The Labute approximate surface area is 103 Å². The Kier molecular flexibility index (Phi) is 5.26. The number of rotatable bonds is 5. The van der Waals surface area contributed by atoms with Gasteiger partial charge >= 0.3 is 0 Å². The Hall–Kier alpha value is -0.610. The van der Waals surface area contributed by atoms with Crippen molar-refractivity contribution in [3.63, 3.8) is 0 Å². The average molecular weight is 240 g/mol. The van der Waals surface area contributed by atoms with Gasteiger partial charge in [-0.1, -0.05) is 0 Å². The molecule has 1 atom stereocenters. The quantitative estimate of drug-likeness (QED) is 0.751. The number of hydrogen-bond acceptors (Lipinski definition) is 3. The van der Waals surface area contributed by atoms with E-state index in [9.17, 15) is 4.79 Å². The smallest absolute Gasteiger partial charge is 0.220 e. The van der Waals surface area contributed by atoms with E-state index in [2.05, 4.69) is 10.6 Å². The lowest BCUT2D eigenvalue weighted by Gasteiger charge is -2.22. The molecule has 4 heteroatoms. The SMILES string of the molecule is O=C(CC1CCNC1)NCCC1CCOCC1. The highest BCUT2D eigenvalue weighted by atomic mass is 16.5. The van der Waals surface area contributed by atoms with E-state index >= 15 is 0 Å². The van der Waals surface area contributed by atoms with Crippen LogP contribution in [0.2, 0.25) is 0 Å². The molecule has 2 aliphatic rings. The van der Waals surface area contributed by atoms with Crippen molar-refractivity contribution in [1.29, 1.82) is 0 Å². The van der Waals surface area contributed by atoms with Gasteiger partial charge < -0.3 is 15.4 Å². The summed E-state index contributed by atoms with van der Waals surface area (Å²) in [6.45, 7) is 4.70. The minimum Gasteiger partial charge on any atom is -0.381 e. The highest BCUT2D eigenvalue weighted by Gasteiger charge is 2.18. The normalized spacial score (nSPS) is 26.0. The molecule has 0 aliphatic carbocycles. The van der Waals surface area contributed by atoms with Crippen LogP contribution in [0, 0.1) is 11.8 Å². The maximum atomic E-state index is 11.7. The van der Waals surface area contributed by atoms with Crippen LogP contribution >= 0.6 is 0 Å². The van der Waals surface area contributed by atoms with Gasteiger partial charge in [-0.25, -0.2) is 0 Å². The highest BCUT2D eigenvalue weighted by molar-refractivity contribution is 5.76. The van der Waals surface area contributed by atoms with Crippen LogP contribution in [0.15, 0.2) is 0 Å². The Morgan fingerprint density at radius 1 is 1.24 bits per heavy atom. The third kappa shape index (κ3) is 4.64. The summed E-state index contributed by atoms with van der Waals surface area (Å²) in [7, 11) is 0. The molecule has 0 bridgehead atoms. The van der Waals surface area contributed by atoms with Gasteiger partial charge in [-0.3, -0.25) is 4.79 Å². The fourth-order valence-electron chi connectivity index (χ4n) is 2.67. The van der Waals surface area contributed by atoms with Crippen molar-refractivity contribution in [2.45, 2.75) is 32.1 Å². The maximum absolute atomic E-state index is 11.7. The minimum absolute atomic E-state index is 0.228. The van der Waals surface area contributed by atoms with Gasteiger partial charge in [0.05, 0.1) is 0 Å². The topological polar surface area (TPSA) is 50.4 Å². The first-order valence-corrected chi connectivity index (χ1v) is 6.90. The summed E-state index contributed by atoms with van der Waals surface area (Å²) in [5.74, 6) is 1.53. The lowest BCUT2D eigenvalue weighted by Crippen LogP contribution is -2.29. The molecule has 98 valence electrons. The summed E-state index contributed by atoms with van der Waals surface area (Å²) in [4.78, 5) is 11.7. The largest absolute Gasteiger partial charge is 0.381 e. The van der Waals surface area contributed by atoms with Crippen molar-refractivity contribution >= 4 is 5.91 Å². The standard InChI is InChI=1S/C13H24N2O2/c16-13(9-12-1-5-14-10-12)15-6-2-11-3-7-17-8-4-11/h11-12,14H,1-10H2,(H,15,16). The molecule has 0 radical (unpaired) electrons. The van der Waals surface area contributed by atoms with E-state index in [1.165, 1.54) is 0 Å². The second-order valence-electron chi connectivity index (χ2n) is 5.26. The van der Waals surface area contributed by atoms with Crippen LogP contribution in [0.5, 0.6) is 0 Å². The van der Waals surface area contributed by atoms with E-state index in [0.29, 0.717) is 12.3 Å². The van der Waals surface area contributed by atoms with E-state index < -0.39 is 0 Å². The molecule has 0 saturated carbocycles. The first-order chi connectivity index (χ1) is 8.34. The summed E-state index contributed by atoms with van der Waals surface area (Å²) in [5, 5.41) is 6.34. The zero-order valence-corrected chi connectivity index (χ0v) is 10.5. The van der Waals surface area contributed by atoms with Crippen LogP contribution in [0.4, 0.5) is 0 Å². The average Bonchev–Trinajstić information content (AvgIpc) is 2.83. The fourth-order valence-corrected chi connectivity index (χ4v) is 2.67. The van der Waals surface area contributed by atoms with Crippen LogP contribution in [0.25, 0.3) is 0 Å². The molecule has 2 N–H and O–H groups in total. The summed E-state index contributed by atoms with van der Waals surface area (Å²) >= 11 is 0. The van der Waals surface area contributed by atoms with Crippen molar-refractivity contribution in [2.24, 2.45) is 11.8 Å².